The van der Waals surface area contributed by atoms with Gasteiger partial charge in [0.25, 0.3) is 0 Å². The average Bonchev–Trinajstić information content (AvgIpc) is 2.92. The maximum atomic E-state index is 6.17. The van der Waals surface area contributed by atoms with Gasteiger partial charge in [-0.3, -0.25) is 4.90 Å². The molecule has 2 saturated heterocycles. The number of anilines is 1. The van der Waals surface area contributed by atoms with E-state index < -0.39 is 0 Å². The Labute approximate surface area is 123 Å². The number of aromatic nitrogens is 2. The van der Waals surface area contributed by atoms with Crippen molar-refractivity contribution in [2.24, 2.45) is 0 Å². The maximum Gasteiger partial charge on any atom is 0.224 e. The van der Waals surface area contributed by atoms with Crippen LogP contribution in [0, 0.1) is 0 Å². The number of rotatable bonds is 2. The summed E-state index contributed by atoms with van der Waals surface area (Å²) in [4.78, 5) is 13.0. The van der Waals surface area contributed by atoms with Gasteiger partial charge in [-0.15, -0.1) is 0 Å². The van der Waals surface area contributed by atoms with E-state index in [1.54, 1.807) is 6.20 Å². The van der Waals surface area contributed by atoms with E-state index in [2.05, 4.69) is 19.8 Å². The van der Waals surface area contributed by atoms with Gasteiger partial charge in [0.2, 0.25) is 5.28 Å². The Bertz CT molecular complexity index is 448. The minimum atomic E-state index is 0.265. The topological polar surface area (TPSA) is 32.3 Å². The normalized spacial score (nSPS) is 24.9. The quantitative estimate of drug-likeness (QED) is 0.786. The van der Waals surface area contributed by atoms with Crippen LogP contribution in [0.2, 0.25) is 10.3 Å². The van der Waals surface area contributed by atoms with Crippen molar-refractivity contribution in [1.29, 1.82) is 0 Å². The summed E-state index contributed by atoms with van der Waals surface area (Å²) in [5.41, 5.74) is 0. The maximum absolute atomic E-state index is 6.17. The summed E-state index contributed by atoms with van der Waals surface area (Å²) >= 11 is 12.0. The monoisotopic (exact) mass is 300 g/mol. The van der Waals surface area contributed by atoms with Crippen LogP contribution in [0.3, 0.4) is 0 Å². The van der Waals surface area contributed by atoms with Crippen molar-refractivity contribution in [1.82, 2.24) is 14.9 Å². The Morgan fingerprint density at radius 2 is 1.89 bits per heavy atom. The second-order valence-corrected chi connectivity index (χ2v) is 6.04. The Morgan fingerprint density at radius 1 is 1.11 bits per heavy atom. The van der Waals surface area contributed by atoms with Crippen LogP contribution >= 0.6 is 23.2 Å². The van der Waals surface area contributed by atoms with Gasteiger partial charge >= 0.3 is 0 Å². The second-order valence-electron chi connectivity index (χ2n) is 5.30. The lowest BCUT2D eigenvalue weighted by Gasteiger charge is -2.32. The summed E-state index contributed by atoms with van der Waals surface area (Å²) in [6.45, 7) is 4.45. The number of nitrogens with zero attached hydrogens (tertiary/aromatic N) is 4. The summed E-state index contributed by atoms with van der Waals surface area (Å²) in [6, 6.07) is 0.630. The van der Waals surface area contributed by atoms with Gasteiger partial charge in [0.05, 0.1) is 6.20 Å². The number of hydrogen-bond donors (Lipinski definition) is 0. The fourth-order valence-corrected chi connectivity index (χ4v) is 3.41. The van der Waals surface area contributed by atoms with E-state index in [0.717, 1.165) is 18.9 Å². The van der Waals surface area contributed by atoms with Crippen LogP contribution in [0.1, 0.15) is 25.7 Å². The first-order chi connectivity index (χ1) is 9.24. The highest BCUT2D eigenvalue weighted by Crippen LogP contribution is 2.29. The molecule has 2 fully saturated rings. The first-order valence-electron chi connectivity index (χ1n) is 6.91. The van der Waals surface area contributed by atoms with Crippen LogP contribution in [0.25, 0.3) is 0 Å². The Morgan fingerprint density at radius 3 is 2.68 bits per heavy atom. The summed E-state index contributed by atoms with van der Waals surface area (Å²) in [5, 5.41) is 0.851. The van der Waals surface area contributed by atoms with E-state index in [-0.39, 0.29) is 5.28 Å². The van der Waals surface area contributed by atoms with E-state index in [4.69, 9.17) is 23.2 Å². The molecule has 0 saturated carbocycles. The first-order valence-corrected chi connectivity index (χ1v) is 7.66. The predicted molar refractivity (Wildman–Crippen MR) is 78.1 cm³/mol. The molecule has 0 aromatic carbocycles. The summed E-state index contributed by atoms with van der Waals surface area (Å²) < 4.78 is 0. The van der Waals surface area contributed by atoms with Crippen LogP contribution < -0.4 is 4.90 Å². The molecule has 1 aromatic rings. The molecule has 0 amide bonds. The van der Waals surface area contributed by atoms with Gasteiger partial charge in [-0.05, 0) is 44.0 Å². The molecule has 0 bridgehead atoms. The number of halogens is 2. The molecular weight excluding hydrogens is 283 g/mol. The summed E-state index contributed by atoms with van der Waals surface area (Å²) in [5.74, 6) is 0.779. The molecule has 1 aromatic heterocycles. The van der Waals surface area contributed by atoms with E-state index >= 15 is 0 Å². The lowest BCUT2D eigenvalue weighted by atomic mass is 10.1. The molecule has 3 heterocycles. The second kappa shape index (κ2) is 5.81. The van der Waals surface area contributed by atoms with Crippen molar-refractivity contribution in [2.45, 2.75) is 31.7 Å². The molecule has 19 heavy (non-hydrogen) atoms. The Hall–Kier alpha value is -0.580. The lowest BCUT2D eigenvalue weighted by Crippen LogP contribution is -2.41. The molecule has 0 aliphatic carbocycles. The van der Waals surface area contributed by atoms with Crippen LogP contribution in [-0.4, -0.2) is 47.1 Å². The van der Waals surface area contributed by atoms with E-state index in [1.807, 2.05) is 0 Å². The highest BCUT2D eigenvalue weighted by Gasteiger charge is 2.30. The molecule has 3 rings (SSSR count). The molecular formula is C13H18Cl2N4. The standard InChI is InChI=1S/C13H18Cl2N4/c14-11-8-16-13(15)17-12(11)19-7-4-10(9-19)18-5-2-1-3-6-18/h8,10H,1-7,9H2. The Kier molecular flexibility index (Phi) is 4.10. The van der Waals surface area contributed by atoms with Gasteiger partial charge in [0.1, 0.15) is 5.02 Å². The van der Waals surface area contributed by atoms with Crippen molar-refractivity contribution in [3.8, 4) is 0 Å². The van der Waals surface area contributed by atoms with E-state index in [0.29, 0.717) is 11.1 Å². The molecule has 2 aliphatic rings. The zero-order chi connectivity index (χ0) is 13.2. The van der Waals surface area contributed by atoms with Gasteiger partial charge in [-0.1, -0.05) is 18.0 Å². The van der Waals surface area contributed by atoms with Crippen molar-refractivity contribution < 1.29 is 0 Å². The van der Waals surface area contributed by atoms with Crippen LogP contribution in [0.15, 0.2) is 6.20 Å². The van der Waals surface area contributed by atoms with Crippen molar-refractivity contribution in [2.75, 3.05) is 31.1 Å². The van der Waals surface area contributed by atoms with Crippen molar-refractivity contribution in [3.05, 3.63) is 16.5 Å². The number of hydrogen-bond acceptors (Lipinski definition) is 4. The van der Waals surface area contributed by atoms with Gasteiger partial charge < -0.3 is 4.90 Å². The van der Waals surface area contributed by atoms with E-state index in [1.165, 1.54) is 38.8 Å². The highest BCUT2D eigenvalue weighted by molar-refractivity contribution is 6.33. The molecule has 0 spiro atoms. The number of piperidine rings is 1. The zero-order valence-corrected chi connectivity index (χ0v) is 12.4. The minimum absolute atomic E-state index is 0.265. The molecule has 4 nitrogen and oxygen atoms in total. The van der Waals surface area contributed by atoms with Crippen molar-refractivity contribution >= 4 is 29.0 Å². The molecule has 0 N–H and O–H groups in total. The third kappa shape index (κ3) is 2.96. The third-order valence-corrected chi connectivity index (χ3v) is 4.51. The number of likely N-dealkylation sites (tertiary alicyclic amines) is 1. The molecule has 6 heteroatoms. The minimum Gasteiger partial charge on any atom is -0.354 e. The fraction of sp³-hybridized carbons (Fsp3) is 0.692. The van der Waals surface area contributed by atoms with Gasteiger partial charge in [0.15, 0.2) is 5.82 Å². The molecule has 1 atom stereocenters. The SMILES string of the molecule is Clc1ncc(Cl)c(N2CCC(N3CCCCC3)C2)n1. The molecule has 0 radical (unpaired) electrons. The fourth-order valence-electron chi connectivity index (χ4n) is 3.07. The van der Waals surface area contributed by atoms with Gasteiger partial charge in [-0.2, -0.15) is 4.98 Å². The summed E-state index contributed by atoms with van der Waals surface area (Å²) in [6.07, 6.45) is 6.80. The van der Waals surface area contributed by atoms with Crippen LogP contribution in [-0.2, 0) is 0 Å². The van der Waals surface area contributed by atoms with E-state index in [9.17, 15) is 0 Å². The molecule has 104 valence electrons. The van der Waals surface area contributed by atoms with Crippen LogP contribution in [0.4, 0.5) is 5.82 Å². The smallest absolute Gasteiger partial charge is 0.224 e. The highest BCUT2D eigenvalue weighted by atomic mass is 35.5. The zero-order valence-electron chi connectivity index (χ0n) is 10.9. The van der Waals surface area contributed by atoms with Gasteiger partial charge in [0, 0.05) is 19.1 Å². The van der Waals surface area contributed by atoms with Gasteiger partial charge in [-0.25, -0.2) is 4.98 Å². The Balaban J connectivity index is 1.69. The molecule has 1 unspecified atom stereocenters. The third-order valence-electron chi connectivity index (χ3n) is 4.07. The lowest BCUT2D eigenvalue weighted by molar-refractivity contribution is 0.175. The first kappa shape index (κ1) is 13.4. The van der Waals surface area contributed by atoms with Crippen LogP contribution in [0.5, 0.6) is 0 Å². The van der Waals surface area contributed by atoms with Crippen molar-refractivity contribution in [3.63, 3.8) is 0 Å². The average molecular weight is 301 g/mol. The largest absolute Gasteiger partial charge is 0.354 e. The summed E-state index contributed by atoms with van der Waals surface area (Å²) in [7, 11) is 0. The predicted octanol–water partition coefficient (Wildman–Crippen LogP) is 2.85. The molecule has 2 aliphatic heterocycles.